The second kappa shape index (κ2) is 8.60. The van der Waals surface area contributed by atoms with Crippen molar-refractivity contribution in [2.75, 3.05) is 24.9 Å². The minimum atomic E-state index is -0.512. The van der Waals surface area contributed by atoms with Crippen molar-refractivity contribution < 1.29 is 19.1 Å². The van der Waals surface area contributed by atoms with Gasteiger partial charge in [0, 0.05) is 16.8 Å². The van der Waals surface area contributed by atoms with Gasteiger partial charge in [0.2, 0.25) is 11.8 Å². The van der Waals surface area contributed by atoms with E-state index in [9.17, 15) is 9.59 Å². The molecular formula is C17H16Cl2N2O4. The number of carbonyl (C=O) groups is 2. The number of methoxy groups -OCH3 is 2. The first-order chi connectivity index (χ1) is 11.9. The van der Waals surface area contributed by atoms with Crippen LogP contribution in [0.2, 0.25) is 10.0 Å². The van der Waals surface area contributed by atoms with Gasteiger partial charge >= 0.3 is 0 Å². The highest BCUT2D eigenvalue weighted by atomic mass is 35.5. The molecule has 0 aliphatic carbocycles. The predicted octanol–water partition coefficient (Wildman–Crippen LogP) is 3.98. The van der Waals surface area contributed by atoms with Crippen LogP contribution in [0, 0.1) is 0 Å². The molecule has 2 aromatic carbocycles. The molecule has 132 valence electrons. The highest BCUT2D eigenvalue weighted by molar-refractivity contribution is 6.35. The molecule has 8 heteroatoms. The third-order valence-electron chi connectivity index (χ3n) is 3.19. The number of ether oxygens (including phenoxy) is 2. The van der Waals surface area contributed by atoms with E-state index < -0.39 is 11.8 Å². The fraction of sp³-hybridized carbons (Fsp3) is 0.176. The average Bonchev–Trinajstić information content (AvgIpc) is 2.57. The first-order valence-corrected chi connectivity index (χ1v) is 7.95. The molecule has 0 saturated heterocycles. The Balaban J connectivity index is 1.97. The summed E-state index contributed by atoms with van der Waals surface area (Å²) < 4.78 is 10.3. The minimum absolute atomic E-state index is 0.332. The van der Waals surface area contributed by atoms with E-state index in [0.29, 0.717) is 32.9 Å². The van der Waals surface area contributed by atoms with E-state index in [1.807, 2.05) is 0 Å². The quantitative estimate of drug-likeness (QED) is 0.740. The number of halogens is 2. The van der Waals surface area contributed by atoms with Gasteiger partial charge in [-0.25, -0.2) is 0 Å². The number of benzene rings is 2. The first kappa shape index (κ1) is 18.9. The summed E-state index contributed by atoms with van der Waals surface area (Å²) in [5.74, 6) is 0.00862. The summed E-state index contributed by atoms with van der Waals surface area (Å²) in [6.45, 7) is 0. The zero-order valence-electron chi connectivity index (χ0n) is 13.6. The number of anilines is 2. The smallest absolute Gasteiger partial charge is 0.233 e. The van der Waals surface area contributed by atoms with Crippen LogP contribution in [0.3, 0.4) is 0 Å². The molecule has 0 aliphatic rings. The Morgan fingerprint density at radius 3 is 2.28 bits per heavy atom. The fourth-order valence-corrected chi connectivity index (χ4v) is 2.39. The van der Waals surface area contributed by atoms with Gasteiger partial charge in [0.25, 0.3) is 0 Å². The molecule has 0 aliphatic heterocycles. The van der Waals surface area contributed by atoms with E-state index in [1.54, 1.807) is 30.3 Å². The summed E-state index contributed by atoms with van der Waals surface area (Å²) in [5, 5.41) is 5.92. The topological polar surface area (TPSA) is 76.7 Å². The Morgan fingerprint density at radius 2 is 1.60 bits per heavy atom. The molecule has 0 spiro atoms. The molecule has 0 bridgehead atoms. The Hall–Kier alpha value is -2.44. The van der Waals surface area contributed by atoms with Crippen molar-refractivity contribution in [1.29, 1.82) is 0 Å². The van der Waals surface area contributed by atoms with Gasteiger partial charge < -0.3 is 20.1 Å². The van der Waals surface area contributed by atoms with E-state index in [0.717, 1.165) is 0 Å². The maximum absolute atomic E-state index is 12.0. The number of hydrogen-bond donors (Lipinski definition) is 2. The SMILES string of the molecule is COc1ccc(NC(=O)CC(=O)Nc2cc(Cl)ccc2Cl)cc1OC. The van der Waals surface area contributed by atoms with Gasteiger partial charge in [-0.3, -0.25) is 9.59 Å². The lowest BCUT2D eigenvalue weighted by Gasteiger charge is -2.11. The lowest BCUT2D eigenvalue weighted by molar-refractivity contribution is -0.123. The minimum Gasteiger partial charge on any atom is -0.493 e. The third kappa shape index (κ3) is 5.27. The van der Waals surface area contributed by atoms with Crippen molar-refractivity contribution in [3.63, 3.8) is 0 Å². The Kier molecular flexibility index (Phi) is 6.50. The molecule has 25 heavy (non-hydrogen) atoms. The van der Waals surface area contributed by atoms with Crippen LogP contribution in [0.4, 0.5) is 11.4 Å². The molecule has 2 amide bonds. The zero-order chi connectivity index (χ0) is 18.4. The predicted molar refractivity (Wildman–Crippen MR) is 97.9 cm³/mol. The van der Waals surface area contributed by atoms with Crippen molar-refractivity contribution in [1.82, 2.24) is 0 Å². The summed E-state index contributed by atoms with van der Waals surface area (Å²) in [6.07, 6.45) is -0.378. The molecule has 2 aromatic rings. The van der Waals surface area contributed by atoms with Gasteiger partial charge in [-0.15, -0.1) is 0 Å². The van der Waals surface area contributed by atoms with Crippen LogP contribution >= 0.6 is 23.2 Å². The first-order valence-electron chi connectivity index (χ1n) is 7.19. The van der Waals surface area contributed by atoms with E-state index >= 15 is 0 Å². The van der Waals surface area contributed by atoms with Crippen LogP contribution in [0.5, 0.6) is 11.5 Å². The van der Waals surface area contributed by atoms with E-state index in [2.05, 4.69) is 10.6 Å². The number of rotatable bonds is 6. The van der Waals surface area contributed by atoms with Crippen molar-refractivity contribution >= 4 is 46.4 Å². The van der Waals surface area contributed by atoms with Crippen LogP contribution in [0.15, 0.2) is 36.4 Å². The number of hydrogen-bond acceptors (Lipinski definition) is 4. The molecule has 0 aromatic heterocycles. The highest BCUT2D eigenvalue weighted by Crippen LogP contribution is 2.30. The Bertz CT molecular complexity index is 796. The second-order valence-electron chi connectivity index (χ2n) is 4.97. The summed E-state index contributed by atoms with van der Waals surface area (Å²) in [6, 6.07) is 9.56. The van der Waals surface area contributed by atoms with Gasteiger partial charge in [0.05, 0.1) is 24.9 Å². The standard InChI is InChI=1S/C17H16Cl2N2O4/c1-24-14-6-4-11(8-15(14)25-2)20-16(22)9-17(23)21-13-7-10(18)3-5-12(13)19/h3-8H,9H2,1-2H3,(H,20,22)(H,21,23). The monoisotopic (exact) mass is 382 g/mol. The van der Waals surface area contributed by atoms with Crippen molar-refractivity contribution in [2.45, 2.75) is 6.42 Å². The molecule has 0 saturated carbocycles. The van der Waals surface area contributed by atoms with E-state index in [1.165, 1.54) is 20.3 Å². The van der Waals surface area contributed by atoms with Crippen LogP contribution in [0.1, 0.15) is 6.42 Å². The van der Waals surface area contributed by atoms with Gasteiger partial charge in [-0.1, -0.05) is 23.2 Å². The molecule has 0 fully saturated rings. The lowest BCUT2D eigenvalue weighted by atomic mass is 10.2. The van der Waals surface area contributed by atoms with Gasteiger partial charge in [0.15, 0.2) is 11.5 Å². The molecule has 0 unspecified atom stereocenters. The van der Waals surface area contributed by atoms with Crippen molar-refractivity contribution in [3.8, 4) is 11.5 Å². The van der Waals surface area contributed by atoms with Crippen LogP contribution in [-0.2, 0) is 9.59 Å². The lowest BCUT2D eigenvalue weighted by Crippen LogP contribution is -2.21. The number of carbonyl (C=O) groups excluding carboxylic acids is 2. The maximum atomic E-state index is 12.0. The van der Waals surface area contributed by atoms with Gasteiger partial charge in [-0.05, 0) is 30.3 Å². The molecule has 0 heterocycles. The second-order valence-corrected chi connectivity index (χ2v) is 5.81. The van der Waals surface area contributed by atoms with Crippen LogP contribution < -0.4 is 20.1 Å². The van der Waals surface area contributed by atoms with Crippen molar-refractivity contribution in [2.24, 2.45) is 0 Å². The molecule has 2 rings (SSSR count). The summed E-state index contributed by atoms with van der Waals surface area (Å²) in [5.41, 5.74) is 0.828. The van der Waals surface area contributed by atoms with E-state index in [-0.39, 0.29) is 6.42 Å². The van der Waals surface area contributed by atoms with Crippen molar-refractivity contribution in [3.05, 3.63) is 46.4 Å². The molecule has 0 radical (unpaired) electrons. The summed E-state index contributed by atoms with van der Waals surface area (Å²) in [7, 11) is 3.01. The molecule has 0 atom stereocenters. The number of amides is 2. The normalized spacial score (nSPS) is 10.1. The summed E-state index contributed by atoms with van der Waals surface area (Å²) in [4.78, 5) is 24.0. The molecular weight excluding hydrogens is 367 g/mol. The zero-order valence-corrected chi connectivity index (χ0v) is 15.1. The maximum Gasteiger partial charge on any atom is 0.233 e. The van der Waals surface area contributed by atoms with Gasteiger partial charge in [0.1, 0.15) is 6.42 Å². The highest BCUT2D eigenvalue weighted by Gasteiger charge is 2.13. The summed E-state index contributed by atoms with van der Waals surface area (Å²) >= 11 is 11.8. The van der Waals surface area contributed by atoms with E-state index in [4.69, 9.17) is 32.7 Å². The van der Waals surface area contributed by atoms with Crippen LogP contribution in [-0.4, -0.2) is 26.0 Å². The fourth-order valence-electron chi connectivity index (χ4n) is 2.05. The number of nitrogens with one attached hydrogen (secondary N) is 2. The Morgan fingerprint density at radius 1 is 0.920 bits per heavy atom. The average molecular weight is 383 g/mol. The largest absolute Gasteiger partial charge is 0.493 e. The molecule has 2 N–H and O–H groups in total. The third-order valence-corrected chi connectivity index (χ3v) is 3.76. The molecule has 6 nitrogen and oxygen atoms in total. The van der Waals surface area contributed by atoms with Gasteiger partial charge in [-0.2, -0.15) is 0 Å². The Labute approximate surface area is 155 Å². The van der Waals surface area contributed by atoms with Crippen LogP contribution in [0.25, 0.3) is 0 Å².